The number of carbonyl (C=O) groups is 1. The standard InChI is InChI=1S/C21H13Cl2F4NO3/c1-10-6-14(11-3-5-15(22)16(23)7-11)18(20(30)31)19(29)28(10)9-12-2-4-13(8-17(12)24)21(25,26)27/h2-8H,9H2,1H3,(H,30,31). The summed E-state index contributed by atoms with van der Waals surface area (Å²) in [5.74, 6) is -2.68. The van der Waals surface area contributed by atoms with Crippen LogP contribution in [0.2, 0.25) is 10.0 Å². The van der Waals surface area contributed by atoms with Crippen LogP contribution < -0.4 is 5.56 Å². The molecule has 3 aromatic rings. The summed E-state index contributed by atoms with van der Waals surface area (Å²) in [6.07, 6.45) is -4.72. The first-order chi connectivity index (χ1) is 14.4. The van der Waals surface area contributed by atoms with E-state index in [4.69, 9.17) is 23.2 Å². The highest BCUT2D eigenvalue weighted by molar-refractivity contribution is 6.42. The highest BCUT2D eigenvalue weighted by Gasteiger charge is 2.31. The Kier molecular flexibility index (Phi) is 6.16. The molecule has 0 aliphatic rings. The summed E-state index contributed by atoms with van der Waals surface area (Å²) in [6.45, 7) is 1.05. The zero-order chi connectivity index (χ0) is 23.1. The van der Waals surface area contributed by atoms with Crippen LogP contribution in [0.5, 0.6) is 0 Å². The Hall–Kier alpha value is -2.84. The number of aromatic carboxylic acids is 1. The van der Waals surface area contributed by atoms with Crippen LogP contribution in [-0.4, -0.2) is 15.6 Å². The molecule has 0 amide bonds. The number of hydrogen-bond acceptors (Lipinski definition) is 2. The van der Waals surface area contributed by atoms with Crippen molar-refractivity contribution in [3.63, 3.8) is 0 Å². The second-order valence-electron chi connectivity index (χ2n) is 6.70. The fraction of sp³-hybridized carbons (Fsp3) is 0.143. The highest BCUT2D eigenvalue weighted by Crippen LogP contribution is 2.32. The van der Waals surface area contributed by atoms with Gasteiger partial charge in [-0.15, -0.1) is 0 Å². The number of aryl methyl sites for hydroxylation is 1. The van der Waals surface area contributed by atoms with E-state index < -0.39 is 41.2 Å². The Morgan fingerprint density at radius 2 is 1.74 bits per heavy atom. The first-order valence-electron chi connectivity index (χ1n) is 8.69. The third-order valence-electron chi connectivity index (χ3n) is 4.66. The minimum atomic E-state index is -4.72. The largest absolute Gasteiger partial charge is 0.477 e. The molecule has 1 heterocycles. The second kappa shape index (κ2) is 8.36. The highest BCUT2D eigenvalue weighted by atomic mass is 35.5. The third-order valence-corrected chi connectivity index (χ3v) is 5.40. The SMILES string of the molecule is Cc1cc(-c2ccc(Cl)c(Cl)c2)c(C(=O)O)c(=O)n1Cc1ccc(C(F)(F)F)cc1F. The van der Waals surface area contributed by atoms with E-state index in [2.05, 4.69) is 0 Å². The van der Waals surface area contributed by atoms with Gasteiger partial charge in [0.1, 0.15) is 11.4 Å². The monoisotopic (exact) mass is 473 g/mol. The number of hydrogen-bond donors (Lipinski definition) is 1. The van der Waals surface area contributed by atoms with Crippen molar-refractivity contribution in [3.8, 4) is 11.1 Å². The van der Waals surface area contributed by atoms with Crippen LogP contribution in [0.4, 0.5) is 17.6 Å². The summed E-state index contributed by atoms with van der Waals surface area (Å²) < 4.78 is 53.5. The van der Waals surface area contributed by atoms with Crippen LogP contribution >= 0.6 is 23.2 Å². The maximum atomic E-state index is 14.3. The van der Waals surface area contributed by atoms with Gasteiger partial charge >= 0.3 is 12.1 Å². The lowest BCUT2D eigenvalue weighted by atomic mass is 9.99. The van der Waals surface area contributed by atoms with E-state index in [1.807, 2.05) is 0 Å². The maximum Gasteiger partial charge on any atom is 0.416 e. The summed E-state index contributed by atoms with van der Waals surface area (Å²) in [6, 6.07) is 7.70. The molecule has 2 aromatic carbocycles. The van der Waals surface area contributed by atoms with E-state index >= 15 is 0 Å². The van der Waals surface area contributed by atoms with Gasteiger partial charge in [-0.1, -0.05) is 35.3 Å². The predicted molar refractivity (Wildman–Crippen MR) is 108 cm³/mol. The topological polar surface area (TPSA) is 59.3 Å². The van der Waals surface area contributed by atoms with Gasteiger partial charge < -0.3 is 9.67 Å². The van der Waals surface area contributed by atoms with Crippen LogP contribution in [0, 0.1) is 12.7 Å². The smallest absolute Gasteiger partial charge is 0.416 e. The number of benzene rings is 2. The molecule has 1 aromatic heterocycles. The second-order valence-corrected chi connectivity index (χ2v) is 7.52. The molecule has 0 fully saturated rings. The van der Waals surface area contributed by atoms with E-state index in [-0.39, 0.29) is 26.9 Å². The van der Waals surface area contributed by atoms with Gasteiger partial charge in [-0.05, 0) is 42.8 Å². The van der Waals surface area contributed by atoms with Gasteiger partial charge in [0.15, 0.2) is 0 Å². The lowest BCUT2D eigenvalue weighted by Gasteiger charge is -2.16. The number of rotatable bonds is 4. The normalized spacial score (nSPS) is 11.6. The van der Waals surface area contributed by atoms with Gasteiger partial charge in [0.05, 0.1) is 22.2 Å². The van der Waals surface area contributed by atoms with Gasteiger partial charge in [-0.25, -0.2) is 9.18 Å². The maximum absolute atomic E-state index is 14.3. The molecular weight excluding hydrogens is 461 g/mol. The van der Waals surface area contributed by atoms with Crippen LogP contribution in [0.3, 0.4) is 0 Å². The minimum Gasteiger partial charge on any atom is -0.477 e. The average molecular weight is 474 g/mol. The van der Waals surface area contributed by atoms with Crippen molar-refractivity contribution < 1.29 is 27.5 Å². The van der Waals surface area contributed by atoms with Crippen LogP contribution in [-0.2, 0) is 12.7 Å². The number of aromatic nitrogens is 1. The molecular formula is C21H13Cl2F4NO3. The molecule has 0 saturated heterocycles. The Labute approximate surface area is 183 Å². The number of pyridine rings is 1. The summed E-state index contributed by atoms with van der Waals surface area (Å²) >= 11 is 11.9. The number of nitrogens with zero attached hydrogens (tertiary/aromatic N) is 1. The van der Waals surface area contributed by atoms with Gasteiger partial charge in [-0.3, -0.25) is 4.79 Å². The summed E-state index contributed by atoms with van der Waals surface area (Å²) in [4.78, 5) is 24.8. The lowest BCUT2D eigenvalue weighted by Crippen LogP contribution is -2.29. The lowest BCUT2D eigenvalue weighted by molar-refractivity contribution is -0.137. The zero-order valence-electron chi connectivity index (χ0n) is 15.7. The van der Waals surface area contributed by atoms with E-state index in [0.29, 0.717) is 17.7 Å². The Morgan fingerprint density at radius 1 is 1.06 bits per heavy atom. The van der Waals surface area contributed by atoms with Crippen molar-refractivity contribution >= 4 is 29.2 Å². The van der Waals surface area contributed by atoms with Crippen molar-refractivity contribution in [1.82, 2.24) is 4.57 Å². The summed E-state index contributed by atoms with van der Waals surface area (Å²) in [5, 5.41) is 10.0. The van der Waals surface area contributed by atoms with Gasteiger partial charge in [0, 0.05) is 16.8 Å². The molecule has 0 atom stereocenters. The molecule has 0 aliphatic heterocycles. The molecule has 4 nitrogen and oxygen atoms in total. The fourth-order valence-electron chi connectivity index (χ4n) is 3.09. The first kappa shape index (κ1) is 22.8. The molecule has 0 bridgehead atoms. The number of alkyl halides is 3. The van der Waals surface area contributed by atoms with Crippen LogP contribution in [0.15, 0.2) is 47.3 Å². The van der Waals surface area contributed by atoms with E-state index in [0.717, 1.165) is 10.6 Å². The number of carboxylic acids is 1. The van der Waals surface area contributed by atoms with Crippen molar-refractivity contribution in [2.24, 2.45) is 0 Å². The van der Waals surface area contributed by atoms with Gasteiger partial charge in [-0.2, -0.15) is 13.2 Å². The zero-order valence-corrected chi connectivity index (χ0v) is 17.2. The van der Waals surface area contributed by atoms with Crippen LogP contribution in [0.25, 0.3) is 11.1 Å². The van der Waals surface area contributed by atoms with E-state index in [1.54, 1.807) is 0 Å². The van der Waals surface area contributed by atoms with E-state index in [1.165, 1.54) is 31.2 Å². The molecule has 0 aliphatic carbocycles. The Balaban J connectivity index is 2.13. The molecule has 162 valence electrons. The summed E-state index contributed by atoms with van der Waals surface area (Å²) in [7, 11) is 0. The third kappa shape index (κ3) is 4.60. The van der Waals surface area contributed by atoms with Crippen molar-refractivity contribution in [2.75, 3.05) is 0 Å². The van der Waals surface area contributed by atoms with Crippen molar-refractivity contribution in [1.29, 1.82) is 0 Å². The van der Waals surface area contributed by atoms with Crippen LogP contribution in [0.1, 0.15) is 27.2 Å². The molecule has 0 unspecified atom stereocenters. The predicted octanol–water partition coefficient (Wildman–Crippen LogP) is 6.03. The molecule has 1 N–H and O–H groups in total. The average Bonchev–Trinajstić information content (AvgIpc) is 2.66. The van der Waals surface area contributed by atoms with Crippen molar-refractivity contribution in [3.05, 3.63) is 91.1 Å². The van der Waals surface area contributed by atoms with Crippen molar-refractivity contribution in [2.45, 2.75) is 19.6 Å². The first-order valence-corrected chi connectivity index (χ1v) is 9.44. The van der Waals surface area contributed by atoms with E-state index in [9.17, 15) is 32.3 Å². The molecule has 0 saturated carbocycles. The number of halogens is 6. The fourth-order valence-corrected chi connectivity index (χ4v) is 3.38. The Morgan fingerprint density at radius 3 is 2.29 bits per heavy atom. The Bertz CT molecular complexity index is 1250. The molecule has 3 rings (SSSR count). The summed E-state index contributed by atoms with van der Waals surface area (Å²) in [5.41, 5.74) is -2.20. The van der Waals surface area contributed by atoms with Gasteiger partial charge in [0.25, 0.3) is 5.56 Å². The number of carboxylic acid groups (broad SMARTS) is 1. The molecule has 10 heteroatoms. The molecule has 31 heavy (non-hydrogen) atoms. The van der Waals surface area contributed by atoms with Gasteiger partial charge in [0.2, 0.25) is 0 Å². The quantitative estimate of drug-likeness (QED) is 0.470. The molecule has 0 radical (unpaired) electrons. The molecule has 0 spiro atoms. The minimum absolute atomic E-state index is 0.0812.